The zero-order valence-corrected chi connectivity index (χ0v) is 12.8. The summed E-state index contributed by atoms with van der Waals surface area (Å²) in [6, 6.07) is -0.473. The molecule has 3 rings (SSSR count). The molecule has 1 fully saturated rings. The molecule has 0 amide bonds. The maximum absolute atomic E-state index is 11.9. The van der Waals surface area contributed by atoms with Crippen LogP contribution in [0.2, 0.25) is 5.02 Å². The molecule has 0 radical (unpaired) electrons. The molecule has 0 bridgehead atoms. The van der Waals surface area contributed by atoms with Crippen LogP contribution in [0.4, 0.5) is 5.82 Å². The summed E-state index contributed by atoms with van der Waals surface area (Å²) in [6.07, 6.45) is 2.36. The first-order valence-corrected chi connectivity index (χ1v) is 7.23. The van der Waals surface area contributed by atoms with Crippen molar-refractivity contribution in [1.29, 1.82) is 0 Å². The minimum Gasteiger partial charge on any atom is -0.394 e. The zero-order chi connectivity index (χ0) is 17.4. The molecule has 2 aromatic heterocycles. The second-order valence-corrected chi connectivity index (χ2v) is 5.60. The van der Waals surface area contributed by atoms with Gasteiger partial charge in [0.25, 0.3) is 5.56 Å². The smallest absolute Gasteiger partial charge is 0.381 e. The van der Waals surface area contributed by atoms with E-state index in [1.54, 1.807) is 0 Å². The number of H-pyrrole nitrogens is 1. The Hall–Kier alpha value is -2.50. The summed E-state index contributed by atoms with van der Waals surface area (Å²) >= 11 is 5.73. The molecule has 0 aromatic carbocycles. The summed E-state index contributed by atoms with van der Waals surface area (Å²) in [5.41, 5.74) is -1.42. The number of aromatic nitrogens is 4. The fourth-order valence-electron chi connectivity index (χ4n) is 2.64. The molecular formula is C12H12ClN5O6. The van der Waals surface area contributed by atoms with Gasteiger partial charge in [0.1, 0.15) is 23.6 Å². The third kappa shape index (κ3) is 2.84. The highest BCUT2D eigenvalue weighted by atomic mass is 35.5. The molecule has 1 aliphatic heterocycles. The van der Waals surface area contributed by atoms with Crippen molar-refractivity contribution in [3.8, 4) is 0 Å². The van der Waals surface area contributed by atoms with E-state index in [0.29, 0.717) is 0 Å². The van der Waals surface area contributed by atoms with Gasteiger partial charge in [-0.15, -0.1) is 0 Å². The molecule has 1 aliphatic rings. The topological polar surface area (TPSA) is 145 Å². The zero-order valence-electron chi connectivity index (χ0n) is 12.0. The van der Waals surface area contributed by atoms with E-state index < -0.39 is 34.5 Å². The lowest BCUT2D eigenvalue weighted by molar-refractivity contribution is -0.389. The lowest BCUT2D eigenvalue weighted by atomic mass is 10.1. The second-order valence-electron chi connectivity index (χ2n) is 5.19. The summed E-state index contributed by atoms with van der Waals surface area (Å²) in [6.45, 7) is -0.362. The van der Waals surface area contributed by atoms with E-state index in [1.165, 1.54) is 17.1 Å². The van der Waals surface area contributed by atoms with E-state index in [-0.39, 0.29) is 23.9 Å². The molecule has 0 spiro atoms. The molecule has 2 aromatic rings. The SMILES string of the molecule is O=c1[nH]c(=O)n([C@H]2C[C@H](n3cnc([N+](=O)[O-])c3)[C@@H](CO)O2)cc1Cl. The maximum Gasteiger partial charge on any atom is 0.381 e. The van der Waals surface area contributed by atoms with Crippen LogP contribution in [0.5, 0.6) is 0 Å². The van der Waals surface area contributed by atoms with Crippen molar-refractivity contribution < 1.29 is 14.8 Å². The van der Waals surface area contributed by atoms with Crippen molar-refractivity contribution in [3.63, 3.8) is 0 Å². The van der Waals surface area contributed by atoms with Crippen LogP contribution in [0.25, 0.3) is 0 Å². The number of hydrogen-bond acceptors (Lipinski definition) is 7. The van der Waals surface area contributed by atoms with Gasteiger partial charge in [-0.05, 0) is 9.91 Å². The van der Waals surface area contributed by atoms with Gasteiger partial charge < -0.3 is 24.5 Å². The molecule has 128 valence electrons. The van der Waals surface area contributed by atoms with Crippen LogP contribution in [0.3, 0.4) is 0 Å². The number of rotatable bonds is 4. The van der Waals surface area contributed by atoms with Gasteiger partial charge in [-0.3, -0.25) is 14.3 Å². The first-order chi connectivity index (χ1) is 11.4. The highest BCUT2D eigenvalue weighted by Crippen LogP contribution is 2.36. The summed E-state index contributed by atoms with van der Waals surface area (Å²) in [5, 5.41) is 20.0. The number of aromatic amines is 1. The monoisotopic (exact) mass is 357 g/mol. The van der Waals surface area contributed by atoms with Gasteiger partial charge in [-0.25, -0.2) is 4.79 Å². The Balaban J connectivity index is 1.92. The number of halogens is 1. The van der Waals surface area contributed by atoms with Crippen molar-refractivity contribution in [1.82, 2.24) is 19.1 Å². The third-order valence-corrected chi connectivity index (χ3v) is 4.05. The summed E-state index contributed by atoms with van der Waals surface area (Å²) in [7, 11) is 0. The van der Waals surface area contributed by atoms with Gasteiger partial charge in [0, 0.05) is 12.6 Å². The van der Waals surface area contributed by atoms with Crippen LogP contribution in [-0.2, 0) is 4.74 Å². The van der Waals surface area contributed by atoms with Crippen LogP contribution >= 0.6 is 11.6 Å². The molecule has 0 aliphatic carbocycles. The van der Waals surface area contributed by atoms with Crippen LogP contribution in [0.15, 0.2) is 28.3 Å². The Bertz CT molecular complexity index is 889. The molecule has 11 nitrogen and oxygen atoms in total. The minimum atomic E-state index is -0.796. The van der Waals surface area contributed by atoms with Crippen molar-refractivity contribution in [2.24, 2.45) is 0 Å². The van der Waals surface area contributed by atoms with Gasteiger partial charge >= 0.3 is 11.5 Å². The first kappa shape index (κ1) is 16.4. The molecule has 1 saturated heterocycles. The standard InChI is InChI=1S/C12H12ClN5O6/c13-6-2-17(12(21)15-11(6)20)10-1-7(8(4-19)24-10)16-3-9(14-5-16)18(22)23/h2-3,5,7-8,10,19H,1,4H2,(H,15,20,21)/t7-,8+,10+/m0/s1. The molecule has 3 atom stereocenters. The van der Waals surface area contributed by atoms with Gasteiger partial charge in [0.2, 0.25) is 6.33 Å². The normalized spacial score (nSPS) is 23.5. The molecule has 2 N–H and O–H groups in total. The van der Waals surface area contributed by atoms with Gasteiger partial charge in [0.15, 0.2) is 0 Å². The number of nitrogens with zero attached hydrogens (tertiary/aromatic N) is 4. The van der Waals surface area contributed by atoms with E-state index in [1.807, 2.05) is 0 Å². The van der Waals surface area contributed by atoms with E-state index >= 15 is 0 Å². The van der Waals surface area contributed by atoms with Gasteiger partial charge in [0.05, 0.1) is 12.6 Å². The van der Waals surface area contributed by atoms with E-state index in [2.05, 4.69) is 9.97 Å². The van der Waals surface area contributed by atoms with Crippen molar-refractivity contribution >= 4 is 17.4 Å². The minimum absolute atomic E-state index is 0.180. The van der Waals surface area contributed by atoms with Crippen molar-refractivity contribution in [2.75, 3.05) is 6.61 Å². The quantitative estimate of drug-likeness (QED) is 0.569. The van der Waals surface area contributed by atoms with Gasteiger partial charge in [-0.2, -0.15) is 0 Å². The number of ether oxygens (including phenoxy) is 1. The Kier molecular flexibility index (Phi) is 4.22. The third-order valence-electron chi connectivity index (χ3n) is 3.78. The van der Waals surface area contributed by atoms with E-state index in [0.717, 1.165) is 10.8 Å². The Morgan fingerprint density at radius 1 is 1.50 bits per heavy atom. The van der Waals surface area contributed by atoms with Crippen LogP contribution in [-0.4, -0.2) is 41.8 Å². The molecule has 3 heterocycles. The average molecular weight is 358 g/mol. The Labute approximate surface area is 138 Å². The number of nitro groups is 1. The first-order valence-electron chi connectivity index (χ1n) is 6.86. The number of hydrogen-bond donors (Lipinski definition) is 2. The van der Waals surface area contributed by atoms with E-state index in [4.69, 9.17) is 16.3 Å². The highest BCUT2D eigenvalue weighted by Gasteiger charge is 2.38. The highest BCUT2D eigenvalue weighted by molar-refractivity contribution is 6.30. The lowest BCUT2D eigenvalue weighted by Gasteiger charge is -2.15. The lowest BCUT2D eigenvalue weighted by Crippen LogP contribution is -2.32. The fourth-order valence-corrected chi connectivity index (χ4v) is 2.79. The summed E-state index contributed by atoms with van der Waals surface area (Å²) < 4.78 is 8.19. The van der Waals surface area contributed by atoms with Crippen molar-refractivity contribution in [3.05, 3.63) is 54.7 Å². The average Bonchev–Trinajstić information content (AvgIpc) is 3.17. The number of imidazole rings is 1. The molecule has 0 saturated carbocycles. The molecular weight excluding hydrogens is 346 g/mol. The second kappa shape index (κ2) is 6.19. The van der Waals surface area contributed by atoms with Crippen LogP contribution < -0.4 is 11.2 Å². The largest absolute Gasteiger partial charge is 0.394 e. The predicted molar refractivity (Wildman–Crippen MR) is 79.9 cm³/mol. The van der Waals surface area contributed by atoms with Crippen LogP contribution in [0.1, 0.15) is 18.7 Å². The molecule has 12 heteroatoms. The van der Waals surface area contributed by atoms with Gasteiger partial charge in [-0.1, -0.05) is 11.6 Å². The fraction of sp³-hybridized carbons (Fsp3) is 0.417. The summed E-state index contributed by atoms with van der Waals surface area (Å²) in [5.74, 6) is -0.334. The number of aliphatic hydroxyl groups is 1. The Morgan fingerprint density at radius 3 is 2.88 bits per heavy atom. The van der Waals surface area contributed by atoms with E-state index in [9.17, 15) is 24.8 Å². The Morgan fingerprint density at radius 2 is 2.25 bits per heavy atom. The van der Waals surface area contributed by atoms with Crippen LogP contribution in [0, 0.1) is 10.1 Å². The molecule has 24 heavy (non-hydrogen) atoms. The number of nitrogens with one attached hydrogen (secondary N) is 1. The maximum atomic E-state index is 11.9. The van der Waals surface area contributed by atoms with Crippen molar-refractivity contribution in [2.45, 2.75) is 24.8 Å². The predicted octanol–water partition coefficient (Wildman–Crippen LogP) is -0.184. The molecule has 0 unspecified atom stereocenters. The summed E-state index contributed by atoms with van der Waals surface area (Å²) in [4.78, 5) is 39.1. The number of aliphatic hydroxyl groups excluding tert-OH is 1.